The van der Waals surface area contributed by atoms with E-state index in [1.54, 1.807) is 54.6 Å². The van der Waals surface area contributed by atoms with Crippen LogP contribution in [-0.4, -0.2) is 44.3 Å². The largest absolute Gasteiger partial charge is 0.355 e. The van der Waals surface area contributed by atoms with Crippen molar-refractivity contribution in [2.45, 2.75) is 51.1 Å². The zero-order valence-corrected chi connectivity index (χ0v) is 26.8. The van der Waals surface area contributed by atoms with Gasteiger partial charge in [0.1, 0.15) is 12.6 Å². The van der Waals surface area contributed by atoms with Gasteiger partial charge in [-0.15, -0.1) is 0 Å². The summed E-state index contributed by atoms with van der Waals surface area (Å²) in [5.41, 5.74) is 3.70. The number of rotatable bonds is 13. The smallest absolute Gasteiger partial charge is 0.264 e. The number of aryl methyl sites for hydroxylation is 2. The molecular formula is C35H38ClN3O4S. The number of sulfonamides is 1. The molecule has 0 fully saturated rings. The number of anilines is 1. The lowest BCUT2D eigenvalue weighted by Gasteiger charge is -2.34. The molecule has 0 spiro atoms. The number of carbonyl (C=O) groups excluding carboxylic acids is 2. The fourth-order valence-corrected chi connectivity index (χ4v) is 6.75. The Morgan fingerprint density at radius 2 is 1.50 bits per heavy atom. The van der Waals surface area contributed by atoms with Crippen LogP contribution >= 0.6 is 11.6 Å². The van der Waals surface area contributed by atoms with E-state index in [-0.39, 0.29) is 23.8 Å². The molecule has 0 bridgehead atoms. The van der Waals surface area contributed by atoms with Crippen molar-refractivity contribution in [1.82, 2.24) is 10.2 Å². The number of amides is 2. The maximum Gasteiger partial charge on any atom is 0.264 e. The second-order valence-electron chi connectivity index (χ2n) is 10.6. The molecule has 0 unspecified atom stereocenters. The molecule has 0 saturated heterocycles. The maximum atomic E-state index is 14.5. The molecule has 1 atom stereocenters. The van der Waals surface area contributed by atoms with E-state index in [1.165, 1.54) is 9.21 Å². The van der Waals surface area contributed by atoms with Crippen molar-refractivity contribution in [2.75, 3.05) is 17.4 Å². The van der Waals surface area contributed by atoms with Crippen molar-refractivity contribution in [3.63, 3.8) is 0 Å². The van der Waals surface area contributed by atoms with E-state index >= 15 is 0 Å². The second kappa shape index (κ2) is 15.0. The van der Waals surface area contributed by atoms with Crippen molar-refractivity contribution < 1.29 is 18.0 Å². The number of hydrogen-bond donors (Lipinski definition) is 1. The van der Waals surface area contributed by atoms with Crippen LogP contribution < -0.4 is 9.62 Å². The molecule has 4 aromatic rings. The number of nitrogens with zero attached hydrogens (tertiary/aromatic N) is 2. The highest BCUT2D eigenvalue weighted by Crippen LogP contribution is 2.29. The summed E-state index contributed by atoms with van der Waals surface area (Å²) in [6, 6.07) is 29.4. The van der Waals surface area contributed by atoms with E-state index < -0.39 is 28.5 Å². The van der Waals surface area contributed by atoms with Crippen LogP contribution in [0.5, 0.6) is 0 Å². The average molecular weight is 632 g/mol. The Balaban J connectivity index is 1.82. The fourth-order valence-electron chi connectivity index (χ4n) is 5.08. The Hall–Kier alpha value is -4.14. The third-order valence-corrected chi connectivity index (χ3v) is 9.40. The fraction of sp³-hybridized carbons (Fsp3) is 0.257. The number of hydrogen-bond acceptors (Lipinski definition) is 4. The summed E-state index contributed by atoms with van der Waals surface area (Å²) in [4.78, 5) is 29.6. The normalized spacial score (nSPS) is 11.9. The first-order chi connectivity index (χ1) is 21.1. The van der Waals surface area contributed by atoms with Gasteiger partial charge < -0.3 is 10.2 Å². The third-order valence-electron chi connectivity index (χ3n) is 7.39. The Labute approximate surface area is 265 Å². The number of carbonyl (C=O) groups is 2. The van der Waals surface area contributed by atoms with Crippen LogP contribution in [0.15, 0.2) is 108 Å². The van der Waals surface area contributed by atoms with Gasteiger partial charge in [-0.05, 0) is 67.3 Å². The van der Waals surface area contributed by atoms with E-state index in [0.717, 1.165) is 22.3 Å². The van der Waals surface area contributed by atoms with E-state index in [1.807, 2.05) is 69.3 Å². The molecule has 230 valence electrons. The van der Waals surface area contributed by atoms with Crippen LogP contribution in [0.3, 0.4) is 0 Å². The van der Waals surface area contributed by atoms with Crippen LogP contribution in [0.25, 0.3) is 0 Å². The maximum absolute atomic E-state index is 14.5. The lowest BCUT2D eigenvalue weighted by atomic mass is 10.0. The summed E-state index contributed by atoms with van der Waals surface area (Å²) in [5, 5.41) is 3.37. The summed E-state index contributed by atoms with van der Waals surface area (Å²) < 4.78 is 29.6. The zero-order chi connectivity index (χ0) is 31.7. The molecule has 0 aliphatic heterocycles. The summed E-state index contributed by atoms with van der Waals surface area (Å²) in [6.07, 6.45) is 0.807. The standard InChI is InChI=1S/C35H38ClN3O4S/c1-4-29-15-9-10-17-32(29)39(44(42,43)31-20-18-26(3)19-21-31)25-34(40)38(24-28-14-11-16-30(36)22-28)33(35(41)37-5-2)23-27-12-7-6-8-13-27/h6-22,33H,4-5,23-25H2,1-3H3,(H,37,41)/t33-/m1/s1. The van der Waals surface area contributed by atoms with Crippen molar-refractivity contribution in [1.29, 1.82) is 0 Å². The van der Waals surface area contributed by atoms with Gasteiger partial charge in [0, 0.05) is 24.5 Å². The van der Waals surface area contributed by atoms with Gasteiger partial charge in [-0.2, -0.15) is 0 Å². The Bertz CT molecular complexity index is 1680. The van der Waals surface area contributed by atoms with Gasteiger partial charge >= 0.3 is 0 Å². The Morgan fingerprint density at radius 3 is 2.16 bits per heavy atom. The van der Waals surface area contributed by atoms with Crippen molar-refractivity contribution >= 4 is 39.1 Å². The molecule has 0 radical (unpaired) electrons. The predicted octanol–water partition coefficient (Wildman–Crippen LogP) is 6.18. The third kappa shape index (κ3) is 8.07. The monoisotopic (exact) mass is 631 g/mol. The van der Waals surface area contributed by atoms with E-state index in [0.29, 0.717) is 23.7 Å². The van der Waals surface area contributed by atoms with Crippen LogP contribution in [0.2, 0.25) is 5.02 Å². The second-order valence-corrected chi connectivity index (χ2v) is 12.9. The molecule has 2 amide bonds. The molecule has 0 saturated carbocycles. The van der Waals surface area contributed by atoms with E-state index in [2.05, 4.69) is 5.32 Å². The lowest BCUT2D eigenvalue weighted by molar-refractivity contribution is -0.140. The Kier molecular flexibility index (Phi) is 11.2. The van der Waals surface area contributed by atoms with Gasteiger partial charge in [0.05, 0.1) is 10.6 Å². The minimum atomic E-state index is -4.16. The molecule has 0 aliphatic carbocycles. The molecule has 0 heterocycles. The van der Waals surface area contributed by atoms with Gasteiger partial charge in [-0.25, -0.2) is 8.42 Å². The molecule has 4 rings (SSSR count). The quantitative estimate of drug-likeness (QED) is 0.191. The molecular weight excluding hydrogens is 594 g/mol. The summed E-state index contributed by atoms with van der Waals surface area (Å²) >= 11 is 6.30. The summed E-state index contributed by atoms with van der Waals surface area (Å²) in [5.74, 6) is -0.840. The number of likely N-dealkylation sites (N-methyl/N-ethyl adjacent to an activating group) is 1. The molecule has 7 nitrogen and oxygen atoms in total. The number of para-hydroxylation sites is 1. The predicted molar refractivity (Wildman–Crippen MR) is 176 cm³/mol. The Morgan fingerprint density at radius 1 is 0.841 bits per heavy atom. The molecule has 0 aromatic heterocycles. The van der Waals surface area contributed by atoms with Crippen molar-refractivity contribution in [3.8, 4) is 0 Å². The molecule has 44 heavy (non-hydrogen) atoms. The molecule has 0 aliphatic rings. The van der Waals surface area contributed by atoms with Gasteiger partial charge in [-0.1, -0.05) is 96.9 Å². The first-order valence-corrected chi connectivity index (χ1v) is 16.5. The first-order valence-electron chi connectivity index (χ1n) is 14.7. The summed E-state index contributed by atoms with van der Waals surface area (Å²) in [7, 11) is -4.16. The SMILES string of the molecule is CCNC(=O)[C@@H](Cc1ccccc1)N(Cc1cccc(Cl)c1)C(=O)CN(c1ccccc1CC)S(=O)(=O)c1ccc(C)cc1. The van der Waals surface area contributed by atoms with E-state index in [9.17, 15) is 18.0 Å². The lowest BCUT2D eigenvalue weighted by Crippen LogP contribution is -2.53. The zero-order valence-electron chi connectivity index (χ0n) is 25.2. The van der Waals surface area contributed by atoms with Crippen LogP contribution in [0, 0.1) is 6.92 Å². The number of nitrogens with one attached hydrogen (secondary N) is 1. The molecule has 4 aromatic carbocycles. The van der Waals surface area contributed by atoms with Crippen LogP contribution in [0.1, 0.15) is 36.1 Å². The van der Waals surface area contributed by atoms with Crippen LogP contribution in [-0.2, 0) is 39.0 Å². The van der Waals surface area contributed by atoms with Gasteiger partial charge in [-0.3, -0.25) is 13.9 Å². The van der Waals surface area contributed by atoms with E-state index in [4.69, 9.17) is 11.6 Å². The van der Waals surface area contributed by atoms with Gasteiger partial charge in [0.15, 0.2) is 0 Å². The van der Waals surface area contributed by atoms with Crippen molar-refractivity contribution in [3.05, 3.63) is 130 Å². The van der Waals surface area contributed by atoms with Gasteiger partial charge in [0.25, 0.3) is 10.0 Å². The topological polar surface area (TPSA) is 86.8 Å². The van der Waals surface area contributed by atoms with Crippen LogP contribution in [0.4, 0.5) is 5.69 Å². The highest BCUT2D eigenvalue weighted by Gasteiger charge is 2.35. The first kappa shape index (κ1) is 32.8. The van der Waals surface area contributed by atoms with Crippen molar-refractivity contribution in [2.24, 2.45) is 0 Å². The minimum absolute atomic E-state index is 0.0574. The highest BCUT2D eigenvalue weighted by molar-refractivity contribution is 7.92. The highest BCUT2D eigenvalue weighted by atomic mass is 35.5. The average Bonchev–Trinajstić information content (AvgIpc) is 3.02. The molecule has 9 heteroatoms. The van der Waals surface area contributed by atoms with Gasteiger partial charge in [0.2, 0.25) is 11.8 Å². The number of halogens is 1. The minimum Gasteiger partial charge on any atom is -0.355 e. The summed E-state index contributed by atoms with van der Waals surface area (Å²) in [6.45, 7) is 5.57. The molecule has 1 N–H and O–H groups in total. The number of benzene rings is 4.